The van der Waals surface area contributed by atoms with E-state index in [0.29, 0.717) is 5.56 Å². The van der Waals surface area contributed by atoms with Crippen LogP contribution in [0.5, 0.6) is 11.5 Å². The van der Waals surface area contributed by atoms with Crippen LogP contribution in [0.3, 0.4) is 0 Å². The number of phenols is 1. The summed E-state index contributed by atoms with van der Waals surface area (Å²) in [7, 11) is 1.33. The normalized spacial score (nSPS) is 12.6. The summed E-state index contributed by atoms with van der Waals surface area (Å²) in [4.78, 5) is 0. The Kier molecular flexibility index (Phi) is 3.49. The van der Waals surface area contributed by atoms with E-state index < -0.39 is 17.7 Å². The summed E-state index contributed by atoms with van der Waals surface area (Å²) < 4.78 is 18.3. The number of aryl methyl sites for hydroxylation is 1. The number of aromatic hydroxyl groups is 1. The minimum atomic E-state index is -1.12. The van der Waals surface area contributed by atoms with Crippen molar-refractivity contribution in [1.82, 2.24) is 0 Å². The Bertz CT molecular complexity index is 368. The van der Waals surface area contributed by atoms with Gasteiger partial charge in [0.1, 0.15) is 0 Å². The van der Waals surface area contributed by atoms with Gasteiger partial charge in [0.25, 0.3) is 0 Å². The Labute approximate surface area is 87.1 Å². The van der Waals surface area contributed by atoms with Crippen LogP contribution in [0.4, 0.5) is 4.39 Å². The standard InChI is InChI=1S/C10H14FNO3/c1-5-3-6(7(13)4-12)8(11)9(14)10(5)15-2/h3,7,13-14H,4,12H2,1-2H3. The first-order valence-electron chi connectivity index (χ1n) is 4.47. The molecule has 0 amide bonds. The van der Waals surface area contributed by atoms with Crippen LogP contribution >= 0.6 is 0 Å². The van der Waals surface area contributed by atoms with Gasteiger partial charge in [-0.05, 0) is 18.6 Å². The summed E-state index contributed by atoms with van der Waals surface area (Å²) in [5.41, 5.74) is 5.73. The predicted octanol–water partition coefficient (Wildman–Crippen LogP) is 0.840. The molecule has 1 aromatic carbocycles. The minimum absolute atomic E-state index is 0.0201. The summed E-state index contributed by atoms with van der Waals surface area (Å²) in [5, 5.41) is 18.9. The summed E-state index contributed by atoms with van der Waals surface area (Å²) in [6, 6.07) is 1.41. The van der Waals surface area contributed by atoms with Gasteiger partial charge in [-0.25, -0.2) is 4.39 Å². The maximum Gasteiger partial charge on any atom is 0.194 e. The van der Waals surface area contributed by atoms with Gasteiger partial charge < -0.3 is 20.7 Å². The van der Waals surface area contributed by atoms with E-state index in [1.165, 1.54) is 13.2 Å². The summed E-state index contributed by atoms with van der Waals surface area (Å²) in [5.74, 6) is -1.42. The van der Waals surface area contributed by atoms with E-state index in [2.05, 4.69) is 0 Å². The fourth-order valence-corrected chi connectivity index (χ4v) is 1.41. The van der Waals surface area contributed by atoms with Crippen molar-refractivity contribution in [1.29, 1.82) is 0 Å². The molecule has 5 heteroatoms. The summed E-state index contributed by atoms with van der Waals surface area (Å²) in [6.45, 7) is 1.53. The maximum atomic E-state index is 13.5. The lowest BCUT2D eigenvalue weighted by molar-refractivity contribution is 0.180. The fourth-order valence-electron chi connectivity index (χ4n) is 1.41. The number of hydrogen-bond acceptors (Lipinski definition) is 4. The lowest BCUT2D eigenvalue weighted by Gasteiger charge is -2.14. The van der Waals surface area contributed by atoms with E-state index in [1.54, 1.807) is 6.92 Å². The molecule has 1 rings (SSSR count). The molecule has 1 unspecified atom stereocenters. The number of hydrogen-bond donors (Lipinski definition) is 3. The molecule has 0 fully saturated rings. The molecule has 0 aromatic heterocycles. The van der Waals surface area contributed by atoms with Crippen molar-refractivity contribution in [3.05, 3.63) is 23.0 Å². The molecule has 0 aliphatic carbocycles. The third-order valence-electron chi connectivity index (χ3n) is 2.19. The van der Waals surface area contributed by atoms with E-state index in [1.807, 2.05) is 0 Å². The van der Waals surface area contributed by atoms with Crippen molar-refractivity contribution in [2.45, 2.75) is 13.0 Å². The van der Waals surface area contributed by atoms with Gasteiger partial charge in [-0.3, -0.25) is 0 Å². The Morgan fingerprint density at radius 3 is 2.67 bits per heavy atom. The maximum absolute atomic E-state index is 13.5. The summed E-state index contributed by atoms with van der Waals surface area (Å²) >= 11 is 0. The van der Waals surface area contributed by atoms with Gasteiger partial charge in [-0.2, -0.15) is 0 Å². The Morgan fingerprint density at radius 2 is 2.20 bits per heavy atom. The van der Waals surface area contributed by atoms with E-state index >= 15 is 0 Å². The van der Waals surface area contributed by atoms with Crippen LogP contribution in [0, 0.1) is 12.7 Å². The van der Waals surface area contributed by atoms with E-state index in [9.17, 15) is 14.6 Å². The SMILES string of the molecule is COc1c(C)cc(C(O)CN)c(F)c1O. The molecular weight excluding hydrogens is 201 g/mol. The summed E-state index contributed by atoms with van der Waals surface area (Å²) in [6.07, 6.45) is -1.12. The Morgan fingerprint density at radius 1 is 1.60 bits per heavy atom. The number of halogens is 1. The molecule has 0 saturated carbocycles. The lowest BCUT2D eigenvalue weighted by Crippen LogP contribution is -2.13. The smallest absolute Gasteiger partial charge is 0.194 e. The van der Waals surface area contributed by atoms with Crippen molar-refractivity contribution in [2.24, 2.45) is 5.73 Å². The first-order valence-corrected chi connectivity index (χ1v) is 4.47. The van der Waals surface area contributed by atoms with Gasteiger partial charge in [0.15, 0.2) is 17.3 Å². The van der Waals surface area contributed by atoms with Crippen molar-refractivity contribution >= 4 is 0 Å². The first kappa shape index (κ1) is 11.7. The van der Waals surface area contributed by atoms with Gasteiger partial charge >= 0.3 is 0 Å². The largest absolute Gasteiger partial charge is 0.502 e. The molecule has 0 saturated heterocycles. The van der Waals surface area contributed by atoms with Gasteiger partial charge in [0, 0.05) is 12.1 Å². The monoisotopic (exact) mass is 215 g/mol. The fraction of sp³-hybridized carbons (Fsp3) is 0.400. The molecule has 0 aliphatic rings. The van der Waals surface area contributed by atoms with Crippen molar-refractivity contribution in [3.63, 3.8) is 0 Å². The van der Waals surface area contributed by atoms with Crippen molar-refractivity contribution < 1.29 is 19.3 Å². The molecule has 84 valence electrons. The molecule has 0 heterocycles. The van der Waals surface area contributed by atoms with Gasteiger partial charge in [-0.15, -0.1) is 0 Å². The first-order chi connectivity index (χ1) is 7.02. The van der Waals surface area contributed by atoms with Crippen LogP contribution in [-0.2, 0) is 0 Å². The van der Waals surface area contributed by atoms with Crippen LogP contribution in [0.1, 0.15) is 17.2 Å². The Hall–Kier alpha value is -1.33. The molecule has 0 spiro atoms. The molecule has 0 radical (unpaired) electrons. The minimum Gasteiger partial charge on any atom is -0.502 e. The zero-order valence-electron chi connectivity index (χ0n) is 8.62. The number of phenolic OH excluding ortho intramolecular Hbond substituents is 1. The molecule has 4 N–H and O–H groups in total. The Balaban J connectivity index is 3.33. The van der Waals surface area contributed by atoms with Crippen LogP contribution in [0.15, 0.2) is 6.07 Å². The highest BCUT2D eigenvalue weighted by molar-refractivity contribution is 5.49. The van der Waals surface area contributed by atoms with Gasteiger partial charge in [0.05, 0.1) is 13.2 Å². The average molecular weight is 215 g/mol. The zero-order chi connectivity index (χ0) is 11.6. The quantitative estimate of drug-likeness (QED) is 0.698. The highest BCUT2D eigenvalue weighted by Gasteiger charge is 2.20. The molecule has 1 atom stereocenters. The number of rotatable bonds is 3. The number of nitrogens with two attached hydrogens (primary N) is 1. The molecule has 4 nitrogen and oxygen atoms in total. The van der Waals surface area contributed by atoms with E-state index in [0.717, 1.165) is 0 Å². The molecule has 15 heavy (non-hydrogen) atoms. The van der Waals surface area contributed by atoms with Crippen LogP contribution in [0.25, 0.3) is 0 Å². The second-order valence-electron chi connectivity index (χ2n) is 3.23. The number of aliphatic hydroxyl groups is 1. The molecular formula is C10H14FNO3. The molecule has 0 aliphatic heterocycles. The van der Waals surface area contributed by atoms with E-state index in [4.69, 9.17) is 10.5 Å². The van der Waals surface area contributed by atoms with Gasteiger partial charge in [-0.1, -0.05) is 0 Å². The number of methoxy groups -OCH3 is 1. The third-order valence-corrected chi connectivity index (χ3v) is 2.19. The number of aliphatic hydroxyl groups excluding tert-OH is 1. The highest BCUT2D eigenvalue weighted by Crippen LogP contribution is 2.36. The topological polar surface area (TPSA) is 75.7 Å². The zero-order valence-corrected chi connectivity index (χ0v) is 8.62. The van der Waals surface area contributed by atoms with Crippen molar-refractivity contribution in [2.75, 3.05) is 13.7 Å². The highest BCUT2D eigenvalue weighted by atomic mass is 19.1. The second-order valence-corrected chi connectivity index (χ2v) is 3.23. The van der Waals surface area contributed by atoms with Crippen LogP contribution in [-0.4, -0.2) is 23.9 Å². The lowest BCUT2D eigenvalue weighted by atomic mass is 10.0. The van der Waals surface area contributed by atoms with Crippen LogP contribution in [0.2, 0.25) is 0 Å². The van der Waals surface area contributed by atoms with Crippen molar-refractivity contribution in [3.8, 4) is 11.5 Å². The van der Waals surface area contributed by atoms with E-state index in [-0.39, 0.29) is 17.9 Å². The molecule has 0 bridgehead atoms. The number of ether oxygens (including phenoxy) is 1. The number of benzene rings is 1. The second kappa shape index (κ2) is 4.46. The molecule has 1 aromatic rings. The van der Waals surface area contributed by atoms with Gasteiger partial charge in [0.2, 0.25) is 0 Å². The van der Waals surface area contributed by atoms with Crippen LogP contribution < -0.4 is 10.5 Å². The predicted molar refractivity (Wildman–Crippen MR) is 53.4 cm³/mol. The average Bonchev–Trinajstić information content (AvgIpc) is 2.23. The third kappa shape index (κ3) is 2.03.